The van der Waals surface area contributed by atoms with Gasteiger partial charge >= 0.3 is 0 Å². The molecule has 0 aromatic heterocycles. The van der Waals surface area contributed by atoms with Gasteiger partial charge in [0.2, 0.25) is 0 Å². The highest BCUT2D eigenvalue weighted by atomic mass is 14.6. The zero-order valence-electron chi connectivity index (χ0n) is 10.1. The molecule has 0 saturated carbocycles. The highest BCUT2D eigenvalue weighted by molar-refractivity contribution is 4.82. The standard InChI is InChI=1S/C12H27N/c1-6-10(7-2)11(9-13)12(4,5)8-3/h10-11H,6-9,13H2,1-5H3. The second-order valence-electron chi connectivity index (χ2n) is 4.76. The van der Waals surface area contributed by atoms with Crippen LogP contribution in [0, 0.1) is 17.3 Å². The first-order chi connectivity index (χ1) is 6.03. The van der Waals surface area contributed by atoms with Gasteiger partial charge in [0.25, 0.3) is 0 Å². The van der Waals surface area contributed by atoms with Gasteiger partial charge in [0, 0.05) is 0 Å². The Hall–Kier alpha value is -0.0400. The van der Waals surface area contributed by atoms with Crippen LogP contribution in [0.1, 0.15) is 53.9 Å². The maximum absolute atomic E-state index is 5.89. The van der Waals surface area contributed by atoms with E-state index in [1.54, 1.807) is 0 Å². The molecule has 0 aliphatic rings. The van der Waals surface area contributed by atoms with E-state index in [0.717, 1.165) is 12.5 Å². The Bertz CT molecular complexity index is 125. The first kappa shape index (κ1) is 13.0. The minimum absolute atomic E-state index is 0.408. The van der Waals surface area contributed by atoms with Crippen molar-refractivity contribution in [3.05, 3.63) is 0 Å². The molecule has 0 aromatic rings. The molecule has 0 bridgehead atoms. The van der Waals surface area contributed by atoms with Gasteiger partial charge in [0.05, 0.1) is 0 Å². The molecule has 0 rings (SSSR count). The minimum atomic E-state index is 0.408. The molecule has 0 fully saturated rings. The summed E-state index contributed by atoms with van der Waals surface area (Å²) in [4.78, 5) is 0. The Balaban J connectivity index is 4.46. The van der Waals surface area contributed by atoms with E-state index in [-0.39, 0.29) is 0 Å². The molecule has 2 N–H and O–H groups in total. The van der Waals surface area contributed by atoms with Crippen LogP contribution in [0.4, 0.5) is 0 Å². The summed E-state index contributed by atoms with van der Waals surface area (Å²) in [5.41, 5.74) is 6.29. The molecule has 0 heterocycles. The summed E-state index contributed by atoms with van der Waals surface area (Å²) in [6.45, 7) is 12.4. The van der Waals surface area contributed by atoms with Crippen LogP contribution in [0.5, 0.6) is 0 Å². The van der Waals surface area contributed by atoms with E-state index in [2.05, 4.69) is 34.6 Å². The molecule has 13 heavy (non-hydrogen) atoms. The third-order valence-corrected chi connectivity index (χ3v) is 3.79. The molecule has 0 saturated heterocycles. The summed E-state index contributed by atoms with van der Waals surface area (Å²) < 4.78 is 0. The van der Waals surface area contributed by atoms with E-state index in [0.29, 0.717) is 11.3 Å². The lowest BCUT2D eigenvalue weighted by atomic mass is 9.69. The summed E-state index contributed by atoms with van der Waals surface area (Å²) in [6.07, 6.45) is 3.76. The van der Waals surface area contributed by atoms with Crippen molar-refractivity contribution in [2.75, 3.05) is 6.54 Å². The molecule has 1 nitrogen and oxygen atoms in total. The van der Waals surface area contributed by atoms with E-state index in [9.17, 15) is 0 Å². The summed E-state index contributed by atoms with van der Waals surface area (Å²) in [5.74, 6) is 1.49. The van der Waals surface area contributed by atoms with E-state index >= 15 is 0 Å². The van der Waals surface area contributed by atoms with Crippen molar-refractivity contribution in [3.63, 3.8) is 0 Å². The Labute approximate surface area is 84.1 Å². The molecule has 1 atom stereocenters. The molecule has 0 aliphatic carbocycles. The van der Waals surface area contributed by atoms with Crippen LogP contribution in [-0.4, -0.2) is 6.54 Å². The largest absolute Gasteiger partial charge is 0.330 e. The van der Waals surface area contributed by atoms with Gasteiger partial charge in [-0.2, -0.15) is 0 Å². The van der Waals surface area contributed by atoms with Gasteiger partial charge in [-0.1, -0.05) is 53.9 Å². The lowest BCUT2D eigenvalue weighted by Crippen LogP contribution is -2.35. The quantitative estimate of drug-likeness (QED) is 0.674. The van der Waals surface area contributed by atoms with Crippen molar-refractivity contribution >= 4 is 0 Å². The molecular weight excluding hydrogens is 158 g/mol. The van der Waals surface area contributed by atoms with Crippen LogP contribution >= 0.6 is 0 Å². The zero-order valence-corrected chi connectivity index (χ0v) is 10.1. The van der Waals surface area contributed by atoms with Crippen molar-refractivity contribution in [1.29, 1.82) is 0 Å². The second kappa shape index (κ2) is 5.64. The third-order valence-electron chi connectivity index (χ3n) is 3.79. The van der Waals surface area contributed by atoms with Gasteiger partial charge in [0.15, 0.2) is 0 Å². The first-order valence-corrected chi connectivity index (χ1v) is 5.73. The van der Waals surface area contributed by atoms with Crippen LogP contribution in [-0.2, 0) is 0 Å². The highest BCUT2D eigenvalue weighted by Gasteiger charge is 2.31. The van der Waals surface area contributed by atoms with Gasteiger partial charge in [0.1, 0.15) is 0 Å². The molecule has 80 valence electrons. The van der Waals surface area contributed by atoms with Crippen molar-refractivity contribution in [2.45, 2.75) is 53.9 Å². The van der Waals surface area contributed by atoms with Gasteiger partial charge < -0.3 is 5.73 Å². The molecule has 1 heteroatoms. The van der Waals surface area contributed by atoms with Crippen LogP contribution in [0.2, 0.25) is 0 Å². The maximum Gasteiger partial charge on any atom is -0.00411 e. The predicted molar refractivity (Wildman–Crippen MR) is 60.7 cm³/mol. The first-order valence-electron chi connectivity index (χ1n) is 5.73. The van der Waals surface area contributed by atoms with Crippen LogP contribution < -0.4 is 5.73 Å². The van der Waals surface area contributed by atoms with Crippen LogP contribution in [0.3, 0.4) is 0 Å². The monoisotopic (exact) mass is 185 g/mol. The maximum atomic E-state index is 5.89. The fourth-order valence-corrected chi connectivity index (χ4v) is 2.27. The zero-order chi connectivity index (χ0) is 10.5. The van der Waals surface area contributed by atoms with Crippen molar-refractivity contribution in [3.8, 4) is 0 Å². The topological polar surface area (TPSA) is 26.0 Å². The molecule has 0 spiro atoms. The molecule has 0 aromatic carbocycles. The summed E-state index contributed by atoms with van der Waals surface area (Å²) in [6, 6.07) is 0. The molecular formula is C12H27N. The Morgan fingerprint density at radius 1 is 1.08 bits per heavy atom. The predicted octanol–water partition coefficient (Wildman–Crippen LogP) is 3.43. The van der Waals surface area contributed by atoms with Crippen LogP contribution in [0.25, 0.3) is 0 Å². The molecule has 0 radical (unpaired) electrons. The van der Waals surface area contributed by atoms with Crippen molar-refractivity contribution < 1.29 is 0 Å². The molecule has 1 unspecified atom stereocenters. The van der Waals surface area contributed by atoms with Crippen molar-refractivity contribution in [2.24, 2.45) is 23.0 Å². The van der Waals surface area contributed by atoms with Crippen molar-refractivity contribution in [1.82, 2.24) is 0 Å². The van der Waals surface area contributed by atoms with Gasteiger partial charge in [-0.25, -0.2) is 0 Å². The third kappa shape index (κ3) is 3.30. The molecule has 0 aliphatic heterocycles. The average Bonchev–Trinajstić information content (AvgIpc) is 2.13. The van der Waals surface area contributed by atoms with Gasteiger partial charge in [-0.3, -0.25) is 0 Å². The molecule has 0 amide bonds. The fraction of sp³-hybridized carbons (Fsp3) is 1.00. The summed E-state index contributed by atoms with van der Waals surface area (Å²) >= 11 is 0. The summed E-state index contributed by atoms with van der Waals surface area (Å²) in [5, 5.41) is 0. The van der Waals surface area contributed by atoms with Gasteiger partial charge in [-0.05, 0) is 23.8 Å². The Morgan fingerprint density at radius 3 is 1.77 bits per heavy atom. The van der Waals surface area contributed by atoms with E-state index < -0.39 is 0 Å². The lowest BCUT2D eigenvalue weighted by molar-refractivity contribution is 0.132. The average molecular weight is 185 g/mol. The highest BCUT2D eigenvalue weighted by Crippen LogP contribution is 2.37. The fourth-order valence-electron chi connectivity index (χ4n) is 2.27. The smallest absolute Gasteiger partial charge is 0.00411 e. The van der Waals surface area contributed by atoms with Crippen LogP contribution in [0.15, 0.2) is 0 Å². The van der Waals surface area contributed by atoms with E-state index in [1.807, 2.05) is 0 Å². The number of hydrogen-bond acceptors (Lipinski definition) is 1. The number of rotatable bonds is 6. The lowest BCUT2D eigenvalue weighted by Gasteiger charge is -2.38. The number of hydrogen-bond donors (Lipinski definition) is 1. The number of nitrogens with two attached hydrogens (primary N) is 1. The normalized spacial score (nSPS) is 15.0. The van der Waals surface area contributed by atoms with E-state index in [4.69, 9.17) is 5.73 Å². The SMILES string of the molecule is CCC(CC)C(CN)C(C)(C)CC. The second-order valence-corrected chi connectivity index (χ2v) is 4.76. The van der Waals surface area contributed by atoms with E-state index in [1.165, 1.54) is 19.3 Å². The minimum Gasteiger partial charge on any atom is -0.330 e. The van der Waals surface area contributed by atoms with Gasteiger partial charge in [-0.15, -0.1) is 0 Å². The summed E-state index contributed by atoms with van der Waals surface area (Å²) in [7, 11) is 0. The Kier molecular flexibility index (Phi) is 5.62. The Morgan fingerprint density at radius 2 is 1.54 bits per heavy atom.